The number of hydrogen-bond acceptors (Lipinski definition) is 6. The van der Waals surface area contributed by atoms with Gasteiger partial charge in [0.05, 0.1) is 7.11 Å². The molecule has 3 aromatic carbocycles. The van der Waals surface area contributed by atoms with Gasteiger partial charge in [-0.2, -0.15) is 0 Å². The predicted octanol–water partition coefficient (Wildman–Crippen LogP) is 4.21. The maximum atomic E-state index is 12.2. The number of esters is 1. The molecule has 0 bridgehead atoms. The third-order valence-electron chi connectivity index (χ3n) is 6.01. The molecule has 1 saturated heterocycles. The van der Waals surface area contributed by atoms with Crippen molar-refractivity contribution in [1.82, 2.24) is 4.90 Å². The number of nitrogens with one attached hydrogen (secondary N) is 1. The minimum absolute atomic E-state index is 0.350. The fourth-order valence-corrected chi connectivity index (χ4v) is 4.02. The van der Waals surface area contributed by atoms with Crippen molar-refractivity contribution in [2.75, 3.05) is 50.1 Å². The lowest BCUT2D eigenvalue weighted by molar-refractivity contribution is -0.142. The Hall–Kier alpha value is -4.10. The van der Waals surface area contributed by atoms with Gasteiger partial charge >= 0.3 is 5.97 Å². The molecule has 0 spiro atoms. The second-order valence-corrected chi connectivity index (χ2v) is 8.56. The van der Waals surface area contributed by atoms with Crippen molar-refractivity contribution in [2.24, 2.45) is 0 Å². The number of carbonyl (C=O) groups is 2. The minimum Gasteiger partial charge on any atom is -0.497 e. The van der Waals surface area contributed by atoms with E-state index in [0.717, 1.165) is 49.7 Å². The molecule has 0 aliphatic carbocycles. The lowest BCUT2D eigenvalue weighted by Gasteiger charge is -2.36. The number of anilines is 2. The number of hydrogen-bond donors (Lipinski definition) is 1. The number of carbonyl (C=O) groups excluding carboxylic acids is 2. The Morgan fingerprint density at radius 2 is 1.58 bits per heavy atom. The fraction of sp³-hybridized carbons (Fsp3) is 0.241. The SMILES string of the molecule is COc1ccc(/C=C/C(=O)OCC(=O)Nc2ccc(N3CCN(Cc4ccccc4)CC3)cc2)cc1. The zero-order chi connectivity index (χ0) is 25.2. The molecular weight excluding hydrogens is 454 g/mol. The standard InChI is InChI=1S/C29H31N3O4/c1-35-27-14-7-23(8-15-27)9-16-29(34)36-22-28(33)30-25-10-12-26(13-11-25)32-19-17-31(18-20-32)21-24-5-3-2-4-6-24/h2-16H,17-22H2,1H3,(H,30,33)/b16-9+. The van der Waals surface area contributed by atoms with Crippen molar-refractivity contribution in [2.45, 2.75) is 6.54 Å². The molecule has 1 fully saturated rings. The molecule has 36 heavy (non-hydrogen) atoms. The van der Waals surface area contributed by atoms with Crippen molar-refractivity contribution < 1.29 is 19.1 Å². The van der Waals surface area contributed by atoms with Gasteiger partial charge in [0.25, 0.3) is 5.91 Å². The Bertz CT molecular complexity index is 1150. The summed E-state index contributed by atoms with van der Waals surface area (Å²) in [6.07, 6.45) is 2.92. The predicted molar refractivity (Wildman–Crippen MR) is 142 cm³/mol. The highest BCUT2D eigenvalue weighted by atomic mass is 16.5. The van der Waals surface area contributed by atoms with Gasteiger partial charge in [-0.25, -0.2) is 4.79 Å². The van der Waals surface area contributed by atoms with Gasteiger partial charge in [-0.1, -0.05) is 42.5 Å². The van der Waals surface area contributed by atoms with Gasteiger partial charge in [-0.3, -0.25) is 9.69 Å². The van der Waals surface area contributed by atoms with E-state index in [-0.39, 0.29) is 12.5 Å². The maximum Gasteiger partial charge on any atom is 0.331 e. The average molecular weight is 486 g/mol. The molecule has 7 heteroatoms. The number of amides is 1. The summed E-state index contributed by atoms with van der Waals surface area (Å²) in [5, 5.41) is 2.77. The van der Waals surface area contributed by atoms with Crippen LogP contribution in [0.5, 0.6) is 5.75 Å². The van der Waals surface area contributed by atoms with Crippen LogP contribution in [0.3, 0.4) is 0 Å². The lowest BCUT2D eigenvalue weighted by Crippen LogP contribution is -2.45. The molecule has 186 valence electrons. The Labute approximate surface area is 211 Å². The van der Waals surface area contributed by atoms with E-state index in [1.54, 1.807) is 25.3 Å². The summed E-state index contributed by atoms with van der Waals surface area (Å²) in [6.45, 7) is 4.55. The normalized spacial score (nSPS) is 14.0. The maximum absolute atomic E-state index is 12.2. The van der Waals surface area contributed by atoms with Crippen molar-refractivity contribution in [3.8, 4) is 5.75 Å². The smallest absolute Gasteiger partial charge is 0.331 e. The first kappa shape index (κ1) is 25.0. The van der Waals surface area contributed by atoms with Crippen molar-refractivity contribution >= 4 is 29.3 Å². The first-order chi connectivity index (χ1) is 17.6. The molecule has 0 radical (unpaired) electrons. The molecule has 0 saturated carbocycles. The summed E-state index contributed by atoms with van der Waals surface area (Å²) in [5.74, 6) is -0.230. The fourth-order valence-electron chi connectivity index (χ4n) is 4.02. The Kier molecular flexibility index (Phi) is 8.72. The molecule has 0 unspecified atom stereocenters. The van der Waals surface area contributed by atoms with E-state index >= 15 is 0 Å². The van der Waals surface area contributed by atoms with E-state index in [2.05, 4.69) is 39.4 Å². The molecule has 4 rings (SSSR count). The van der Waals surface area contributed by atoms with Gasteiger partial charge in [0.2, 0.25) is 0 Å². The lowest BCUT2D eigenvalue weighted by atomic mass is 10.2. The van der Waals surface area contributed by atoms with Crippen molar-refractivity contribution in [1.29, 1.82) is 0 Å². The summed E-state index contributed by atoms with van der Waals surface area (Å²) in [6, 6.07) is 25.5. The molecule has 0 aromatic heterocycles. The zero-order valence-electron chi connectivity index (χ0n) is 20.4. The van der Waals surface area contributed by atoms with Gasteiger partial charge in [0.1, 0.15) is 5.75 Å². The molecule has 1 N–H and O–H groups in total. The van der Waals surface area contributed by atoms with Crippen LogP contribution in [-0.2, 0) is 20.9 Å². The molecule has 1 amide bonds. The first-order valence-corrected chi connectivity index (χ1v) is 12.0. The van der Waals surface area contributed by atoms with Gasteiger partial charge < -0.3 is 19.7 Å². The third kappa shape index (κ3) is 7.45. The van der Waals surface area contributed by atoms with E-state index in [1.807, 2.05) is 42.5 Å². The van der Waals surface area contributed by atoms with Crippen LogP contribution >= 0.6 is 0 Å². The van der Waals surface area contributed by atoms with Gasteiger partial charge in [0.15, 0.2) is 6.61 Å². The average Bonchev–Trinajstić information content (AvgIpc) is 2.92. The molecule has 3 aromatic rings. The largest absolute Gasteiger partial charge is 0.497 e. The van der Waals surface area contributed by atoms with Crippen LogP contribution in [0.15, 0.2) is 84.9 Å². The number of benzene rings is 3. The molecule has 1 aliphatic rings. The highest BCUT2D eigenvalue weighted by Gasteiger charge is 2.17. The van der Waals surface area contributed by atoms with Crippen molar-refractivity contribution in [3.05, 3.63) is 96.1 Å². The summed E-state index contributed by atoms with van der Waals surface area (Å²) in [5.41, 5.74) is 3.96. The summed E-state index contributed by atoms with van der Waals surface area (Å²) < 4.78 is 10.1. The van der Waals surface area contributed by atoms with Gasteiger partial charge in [0, 0.05) is 50.2 Å². The van der Waals surface area contributed by atoms with E-state index in [1.165, 1.54) is 11.6 Å². The molecule has 7 nitrogen and oxygen atoms in total. The van der Waals surface area contributed by atoms with Crippen LogP contribution in [0.2, 0.25) is 0 Å². The van der Waals surface area contributed by atoms with E-state index < -0.39 is 5.97 Å². The van der Waals surface area contributed by atoms with E-state index in [9.17, 15) is 9.59 Å². The van der Waals surface area contributed by atoms with E-state index in [4.69, 9.17) is 9.47 Å². The Balaban J connectivity index is 1.18. The summed E-state index contributed by atoms with van der Waals surface area (Å²) in [4.78, 5) is 28.9. The topological polar surface area (TPSA) is 71.1 Å². The van der Waals surface area contributed by atoms with E-state index in [0.29, 0.717) is 5.69 Å². The number of methoxy groups -OCH3 is 1. The highest BCUT2D eigenvalue weighted by Crippen LogP contribution is 2.20. The Morgan fingerprint density at radius 1 is 0.889 bits per heavy atom. The summed E-state index contributed by atoms with van der Waals surface area (Å²) in [7, 11) is 1.59. The van der Waals surface area contributed by atoms with Crippen LogP contribution in [0.1, 0.15) is 11.1 Å². The molecule has 0 atom stereocenters. The monoisotopic (exact) mass is 485 g/mol. The van der Waals surface area contributed by atoms with Crippen molar-refractivity contribution in [3.63, 3.8) is 0 Å². The highest BCUT2D eigenvalue weighted by molar-refractivity contribution is 5.94. The summed E-state index contributed by atoms with van der Waals surface area (Å²) >= 11 is 0. The second kappa shape index (κ2) is 12.6. The van der Waals surface area contributed by atoms with Crippen LogP contribution < -0.4 is 15.0 Å². The third-order valence-corrected chi connectivity index (χ3v) is 6.01. The molecular formula is C29H31N3O4. The first-order valence-electron chi connectivity index (χ1n) is 12.0. The number of ether oxygens (including phenoxy) is 2. The quantitative estimate of drug-likeness (QED) is 0.362. The Morgan fingerprint density at radius 3 is 2.25 bits per heavy atom. The van der Waals surface area contributed by atoms with Gasteiger partial charge in [-0.05, 0) is 53.6 Å². The number of rotatable bonds is 9. The van der Waals surface area contributed by atoms with Gasteiger partial charge in [-0.15, -0.1) is 0 Å². The van der Waals surface area contributed by atoms with Crippen LogP contribution in [-0.4, -0.2) is 56.7 Å². The van der Waals surface area contributed by atoms with Crippen LogP contribution in [0, 0.1) is 0 Å². The number of piperazine rings is 1. The molecule has 1 heterocycles. The minimum atomic E-state index is -0.581. The van der Waals surface area contributed by atoms with Crippen LogP contribution in [0.25, 0.3) is 6.08 Å². The molecule has 1 aliphatic heterocycles. The second-order valence-electron chi connectivity index (χ2n) is 8.56. The number of nitrogens with zero attached hydrogens (tertiary/aromatic N) is 2. The zero-order valence-corrected chi connectivity index (χ0v) is 20.4. The van der Waals surface area contributed by atoms with Crippen LogP contribution in [0.4, 0.5) is 11.4 Å².